The van der Waals surface area contributed by atoms with Crippen LogP contribution >= 0.6 is 0 Å². The van der Waals surface area contributed by atoms with Crippen molar-refractivity contribution in [3.05, 3.63) is 60.4 Å². The molecule has 1 heterocycles. The molecule has 0 bridgehead atoms. The molecule has 1 aromatic carbocycles. The third-order valence-electron chi connectivity index (χ3n) is 3.19. The molecule has 0 saturated carbocycles. The molecule has 0 spiro atoms. The minimum Gasteiger partial charge on any atom is -0.306 e. The number of aromatic nitrogens is 2. The van der Waals surface area contributed by atoms with E-state index in [1.165, 1.54) is 11.1 Å². The zero-order chi connectivity index (χ0) is 13.7. The first-order valence-corrected chi connectivity index (χ1v) is 6.64. The Labute approximate surface area is 115 Å². The van der Waals surface area contributed by atoms with Crippen LogP contribution in [0.4, 0.5) is 0 Å². The zero-order valence-electron chi connectivity index (χ0n) is 11.6. The number of hydrogen-bond acceptors (Lipinski definition) is 2. The summed E-state index contributed by atoms with van der Waals surface area (Å²) in [6.45, 7) is 8.97. The third kappa shape index (κ3) is 3.55. The molecule has 2 aromatic rings. The standard InChI is InChI=1S/C16H21N3/c1-4-19-12-14(11-18-19)10-17-16(13(2)3)15-8-6-5-7-9-15/h4-9,11-13,16-17H,1,10H2,2-3H3. The summed E-state index contributed by atoms with van der Waals surface area (Å²) in [5.41, 5.74) is 2.50. The average molecular weight is 255 g/mol. The maximum absolute atomic E-state index is 4.19. The molecule has 3 heteroatoms. The van der Waals surface area contributed by atoms with Gasteiger partial charge in [-0.05, 0) is 11.5 Å². The molecule has 2 rings (SSSR count). The third-order valence-corrected chi connectivity index (χ3v) is 3.19. The van der Waals surface area contributed by atoms with Crippen molar-refractivity contribution in [1.29, 1.82) is 0 Å². The number of rotatable bonds is 6. The summed E-state index contributed by atoms with van der Waals surface area (Å²) in [5, 5.41) is 7.79. The van der Waals surface area contributed by atoms with Gasteiger partial charge in [0, 0.05) is 30.5 Å². The van der Waals surface area contributed by atoms with Gasteiger partial charge in [0.1, 0.15) is 0 Å². The lowest BCUT2D eigenvalue weighted by atomic mass is 9.96. The normalized spacial score (nSPS) is 12.6. The van der Waals surface area contributed by atoms with E-state index in [0.29, 0.717) is 12.0 Å². The van der Waals surface area contributed by atoms with Gasteiger partial charge >= 0.3 is 0 Å². The number of nitrogens with one attached hydrogen (secondary N) is 1. The second-order valence-corrected chi connectivity index (χ2v) is 5.02. The van der Waals surface area contributed by atoms with E-state index in [-0.39, 0.29) is 0 Å². The van der Waals surface area contributed by atoms with Crippen LogP contribution in [0.1, 0.15) is 31.0 Å². The van der Waals surface area contributed by atoms with Gasteiger partial charge in [0.2, 0.25) is 0 Å². The van der Waals surface area contributed by atoms with Gasteiger partial charge in [0.05, 0.1) is 6.20 Å². The number of benzene rings is 1. The van der Waals surface area contributed by atoms with Gasteiger partial charge in [-0.3, -0.25) is 0 Å². The van der Waals surface area contributed by atoms with Gasteiger partial charge in [-0.2, -0.15) is 5.10 Å². The van der Waals surface area contributed by atoms with Gasteiger partial charge in [-0.1, -0.05) is 50.8 Å². The summed E-state index contributed by atoms with van der Waals surface area (Å²) >= 11 is 0. The fraction of sp³-hybridized carbons (Fsp3) is 0.312. The zero-order valence-corrected chi connectivity index (χ0v) is 11.6. The molecule has 0 aliphatic heterocycles. The molecule has 0 radical (unpaired) electrons. The summed E-state index contributed by atoms with van der Waals surface area (Å²) in [6.07, 6.45) is 5.56. The van der Waals surface area contributed by atoms with Crippen LogP contribution in [0.2, 0.25) is 0 Å². The van der Waals surface area contributed by atoms with Crippen LogP contribution in [-0.2, 0) is 6.54 Å². The Morgan fingerprint density at radius 1 is 1.32 bits per heavy atom. The predicted molar refractivity (Wildman–Crippen MR) is 79.5 cm³/mol. The lowest BCUT2D eigenvalue weighted by Crippen LogP contribution is -2.25. The SMILES string of the molecule is C=Cn1cc(CNC(c2ccccc2)C(C)C)cn1. The molecule has 19 heavy (non-hydrogen) atoms. The van der Waals surface area contributed by atoms with Gasteiger partial charge in [0.25, 0.3) is 0 Å². The molecule has 3 nitrogen and oxygen atoms in total. The molecule has 1 aromatic heterocycles. The molecular formula is C16H21N3. The average Bonchev–Trinajstić information content (AvgIpc) is 2.88. The summed E-state index contributed by atoms with van der Waals surface area (Å²) in [7, 11) is 0. The number of nitrogens with zero attached hydrogens (tertiary/aromatic N) is 2. The fourth-order valence-corrected chi connectivity index (χ4v) is 2.20. The molecule has 0 aliphatic rings. The molecule has 1 atom stereocenters. The van der Waals surface area contributed by atoms with E-state index in [0.717, 1.165) is 6.54 Å². The Hall–Kier alpha value is -1.87. The van der Waals surface area contributed by atoms with Crippen molar-refractivity contribution in [3.8, 4) is 0 Å². The van der Waals surface area contributed by atoms with Crippen molar-refractivity contribution in [2.45, 2.75) is 26.4 Å². The van der Waals surface area contributed by atoms with Crippen molar-refractivity contribution < 1.29 is 0 Å². The maximum Gasteiger partial charge on any atom is 0.0538 e. The molecule has 100 valence electrons. The van der Waals surface area contributed by atoms with Crippen LogP contribution in [0, 0.1) is 5.92 Å². The Bertz CT molecular complexity index is 514. The monoisotopic (exact) mass is 255 g/mol. The van der Waals surface area contributed by atoms with E-state index < -0.39 is 0 Å². The highest BCUT2D eigenvalue weighted by atomic mass is 15.2. The Morgan fingerprint density at radius 2 is 2.05 bits per heavy atom. The first-order chi connectivity index (χ1) is 9.20. The van der Waals surface area contributed by atoms with E-state index in [1.807, 2.05) is 12.4 Å². The topological polar surface area (TPSA) is 29.9 Å². The van der Waals surface area contributed by atoms with Crippen LogP contribution in [0.25, 0.3) is 6.20 Å². The quantitative estimate of drug-likeness (QED) is 0.856. The van der Waals surface area contributed by atoms with Crippen LogP contribution in [0.5, 0.6) is 0 Å². The second-order valence-electron chi connectivity index (χ2n) is 5.02. The van der Waals surface area contributed by atoms with Crippen LogP contribution in [-0.4, -0.2) is 9.78 Å². The smallest absolute Gasteiger partial charge is 0.0538 e. The highest BCUT2D eigenvalue weighted by Gasteiger charge is 2.14. The Balaban J connectivity index is 2.03. The second kappa shape index (κ2) is 6.34. The minimum atomic E-state index is 0.355. The summed E-state index contributed by atoms with van der Waals surface area (Å²) in [6, 6.07) is 10.9. The van der Waals surface area contributed by atoms with Gasteiger partial charge in [-0.25, -0.2) is 4.68 Å². The Kier molecular flexibility index (Phi) is 4.53. The van der Waals surface area contributed by atoms with Crippen molar-refractivity contribution in [2.24, 2.45) is 5.92 Å². The summed E-state index contributed by atoms with van der Waals surface area (Å²) in [5.74, 6) is 0.539. The summed E-state index contributed by atoms with van der Waals surface area (Å²) in [4.78, 5) is 0. The van der Waals surface area contributed by atoms with Crippen molar-refractivity contribution >= 4 is 6.20 Å². The van der Waals surface area contributed by atoms with Crippen molar-refractivity contribution in [1.82, 2.24) is 15.1 Å². The van der Waals surface area contributed by atoms with Gasteiger partial charge < -0.3 is 5.32 Å². The molecular weight excluding hydrogens is 234 g/mol. The van der Waals surface area contributed by atoms with E-state index >= 15 is 0 Å². The van der Waals surface area contributed by atoms with Crippen LogP contribution in [0.3, 0.4) is 0 Å². The highest BCUT2D eigenvalue weighted by molar-refractivity contribution is 5.21. The maximum atomic E-state index is 4.19. The molecule has 1 N–H and O–H groups in total. The molecule has 0 aliphatic carbocycles. The fourth-order valence-electron chi connectivity index (χ4n) is 2.20. The van der Waals surface area contributed by atoms with E-state index in [2.05, 4.69) is 61.2 Å². The lowest BCUT2D eigenvalue weighted by Gasteiger charge is -2.22. The van der Waals surface area contributed by atoms with Gasteiger partial charge in [0.15, 0.2) is 0 Å². The van der Waals surface area contributed by atoms with Crippen LogP contribution < -0.4 is 5.32 Å². The van der Waals surface area contributed by atoms with Gasteiger partial charge in [-0.15, -0.1) is 0 Å². The first kappa shape index (κ1) is 13.6. The Morgan fingerprint density at radius 3 is 2.63 bits per heavy atom. The molecule has 1 unspecified atom stereocenters. The highest BCUT2D eigenvalue weighted by Crippen LogP contribution is 2.21. The largest absolute Gasteiger partial charge is 0.306 e. The predicted octanol–water partition coefficient (Wildman–Crippen LogP) is 3.47. The van der Waals surface area contributed by atoms with Crippen molar-refractivity contribution in [3.63, 3.8) is 0 Å². The molecule has 0 saturated heterocycles. The summed E-state index contributed by atoms with van der Waals surface area (Å²) < 4.78 is 1.73. The molecule has 0 fully saturated rings. The van der Waals surface area contributed by atoms with Crippen LogP contribution in [0.15, 0.2) is 49.3 Å². The van der Waals surface area contributed by atoms with Crippen molar-refractivity contribution in [2.75, 3.05) is 0 Å². The van der Waals surface area contributed by atoms with E-state index in [9.17, 15) is 0 Å². The lowest BCUT2D eigenvalue weighted by molar-refractivity contribution is 0.410. The minimum absolute atomic E-state index is 0.355. The number of hydrogen-bond donors (Lipinski definition) is 1. The van der Waals surface area contributed by atoms with E-state index in [1.54, 1.807) is 10.9 Å². The molecule has 0 amide bonds. The first-order valence-electron chi connectivity index (χ1n) is 6.64. The van der Waals surface area contributed by atoms with E-state index in [4.69, 9.17) is 0 Å².